The molecule has 182 valence electrons. The van der Waals surface area contributed by atoms with Crippen molar-refractivity contribution in [2.45, 2.75) is 65.8 Å². The number of aliphatic hydroxyl groups is 1. The van der Waals surface area contributed by atoms with Gasteiger partial charge in [0.1, 0.15) is 11.6 Å². The Kier molecular flexibility index (Phi) is 9.67. The number of carboxylic acid groups (broad SMARTS) is 1. The molecule has 0 aliphatic carbocycles. The van der Waals surface area contributed by atoms with Gasteiger partial charge < -0.3 is 25.2 Å². The number of nitrogens with one attached hydrogen (secondary N) is 1. The van der Waals surface area contributed by atoms with Gasteiger partial charge in [0.15, 0.2) is 0 Å². The third-order valence-electron chi connectivity index (χ3n) is 5.17. The highest BCUT2D eigenvalue weighted by Gasteiger charge is 2.43. The molecule has 0 aliphatic rings. The first-order valence-corrected chi connectivity index (χ1v) is 11.9. The first-order valence-electron chi connectivity index (χ1n) is 11.0. The normalized spacial score (nSPS) is 14.4. The summed E-state index contributed by atoms with van der Waals surface area (Å²) in [5.41, 5.74) is 0.314. The minimum Gasteiger partial charge on any atom is -0.465 e. The quantitative estimate of drug-likeness (QED) is 0.468. The fraction of sp³-hybridized carbons (Fsp3) is 0.542. The van der Waals surface area contributed by atoms with Gasteiger partial charge in [0, 0.05) is 18.1 Å². The Hall–Kier alpha value is -2.65. The van der Waals surface area contributed by atoms with Gasteiger partial charge in [-0.25, -0.2) is 14.6 Å². The van der Waals surface area contributed by atoms with E-state index < -0.39 is 35.8 Å². The van der Waals surface area contributed by atoms with Crippen molar-refractivity contribution in [1.29, 1.82) is 0 Å². The van der Waals surface area contributed by atoms with Crippen LogP contribution in [0.2, 0.25) is 0 Å². The lowest BCUT2D eigenvalue weighted by Crippen LogP contribution is -2.61. The molecule has 1 aromatic heterocycles. The Bertz CT molecular complexity index is 868. The molecule has 2 rings (SSSR count). The van der Waals surface area contributed by atoms with E-state index in [4.69, 9.17) is 4.74 Å². The van der Waals surface area contributed by atoms with Crippen molar-refractivity contribution >= 4 is 23.5 Å². The number of carbonyl (C=O) groups is 2. The van der Waals surface area contributed by atoms with Gasteiger partial charge in [-0.1, -0.05) is 65.0 Å². The van der Waals surface area contributed by atoms with Gasteiger partial charge in [-0.3, -0.25) is 0 Å². The molecule has 0 radical (unpaired) electrons. The van der Waals surface area contributed by atoms with Gasteiger partial charge in [-0.05, 0) is 23.3 Å². The van der Waals surface area contributed by atoms with E-state index >= 15 is 0 Å². The van der Waals surface area contributed by atoms with Crippen LogP contribution in [-0.4, -0.2) is 57.0 Å². The van der Waals surface area contributed by atoms with E-state index in [1.54, 1.807) is 6.20 Å². The van der Waals surface area contributed by atoms with Crippen LogP contribution in [0.1, 0.15) is 45.2 Å². The van der Waals surface area contributed by atoms with E-state index in [1.807, 2.05) is 70.3 Å². The maximum atomic E-state index is 13.2. The minimum absolute atomic E-state index is 0.0405. The summed E-state index contributed by atoms with van der Waals surface area (Å²) in [5.74, 6) is 0.106. The fourth-order valence-corrected chi connectivity index (χ4v) is 4.42. The molecule has 0 spiro atoms. The molecule has 0 bridgehead atoms. The van der Waals surface area contributed by atoms with E-state index in [1.165, 1.54) is 16.2 Å². The minimum atomic E-state index is -1.23. The van der Waals surface area contributed by atoms with E-state index in [0.717, 1.165) is 5.56 Å². The third kappa shape index (κ3) is 8.33. The van der Waals surface area contributed by atoms with E-state index in [-0.39, 0.29) is 18.9 Å². The molecule has 1 aromatic carbocycles. The molecule has 2 amide bonds. The van der Waals surface area contributed by atoms with Crippen LogP contribution < -0.4 is 5.32 Å². The molecule has 33 heavy (non-hydrogen) atoms. The summed E-state index contributed by atoms with van der Waals surface area (Å²) < 4.78 is 5.54. The second kappa shape index (κ2) is 12.0. The Morgan fingerprint density at radius 1 is 1.21 bits per heavy atom. The summed E-state index contributed by atoms with van der Waals surface area (Å²) >= 11 is 1.39. The lowest BCUT2D eigenvalue weighted by Gasteiger charge is -2.45. The molecule has 1 unspecified atom stereocenters. The second-order valence-corrected chi connectivity index (χ2v) is 10.6. The predicted molar refractivity (Wildman–Crippen MR) is 128 cm³/mol. The van der Waals surface area contributed by atoms with Crippen LogP contribution in [0.4, 0.5) is 9.59 Å². The zero-order valence-electron chi connectivity index (χ0n) is 19.9. The molecule has 0 fully saturated rings. The topological polar surface area (TPSA) is 112 Å². The number of benzene rings is 1. The maximum absolute atomic E-state index is 13.2. The molecule has 3 atom stereocenters. The second-order valence-electron chi connectivity index (χ2n) is 9.57. The average molecular weight is 478 g/mol. The summed E-state index contributed by atoms with van der Waals surface area (Å²) in [4.78, 5) is 30.4. The highest BCUT2D eigenvalue weighted by atomic mass is 32.1. The molecule has 9 heteroatoms. The Morgan fingerprint density at radius 2 is 1.88 bits per heavy atom. The van der Waals surface area contributed by atoms with Crippen molar-refractivity contribution in [1.82, 2.24) is 15.2 Å². The number of ether oxygens (including phenoxy) is 1. The van der Waals surface area contributed by atoms with Gasteiger partial charge in [-0.2, -0.15) is 0 Å². The Labute approximate surface area is 199 Å². The fourth-order valence-electron chi connectivity index (χ4n) is 3.89. The molecular formula is C24H35N3O5S. The summed E-state index contributed by atoms with van der Waals surface area (Å²) in [6, 6.07) is 7.83. The average Bonchev–Trinajstić information content (AvgIpc) is 3.23. The summed E-state index contributed by atoms with van der Waals surface area (Å²) in [7, 11) is 0. The van der Waals surface area contributed by atoms with E-state index in [2.05, 4.69) is 10.3 Å². The molecular weight excluding hydrogens is 442 g/mol. The largest absolute Gasteiger partial charge is 0.465 e. The zero-order valence-corrected chi connectivity index (χ0v) is 20.7. The standard InChI is InChI=1S/C24H35N3O5S/c1-16(2)14-27(23(31)32-15-19-25-11-12-33-19)21(24(3,4)5)20(28)18(26-22(29)30)13-17-9-7-6-8-10-17/h6-12,16,18,20-21,26,28H,13-15H2,1-5H3,(H,29,30)/t18-,20+,21?/m0/s1. The zero-order chi connectivity index (χ0) is 24.6. The Morgan fingerprint density at radius 3 is 2.39 bits per heavy atom. The number of amides is 2. The van der Waals surface area contributed by atoms with Crippen molar-refractivity contribution in [3.05, 3.63) is 52.5 Å². The van der Waals surface area contributed by atoms with Gasteiger partial charge >= 0.3 is 12.2 Å². The molecule has 3 N–H and O–H groups in total. The summed E-state index contributed by atoms with van der Waals surface area (Å²) in [5, 5.41) is 25.9. The van der Waals surface area contributed by atoms with Crippen LogP contribution in [0.25, 0.3) is 0 Å². The molecule has 0 aliphatic heterocycles. The third-order valence-corrected chi connectivity index (χ3v) is 5.92. The number of aliphatic hydroxyl groups excluding tert-OH is 1. The van der Waals surface area contributed by atoms with Gasteiger partial charge in [0.05, 0.1) is 18.2 Å². The van der Waals surface area contributed by atoms with E-state index in [9.17, 15) is 19.8 Å². The van der Waals surface area contributed by atoms with Crippen molar-refractivity contribution in [2.24, 2.45) is 11.3 Å². The number of rotatable bonds is 10. The van der Waals surface area contributed by atoms with Crippen LogP contribution in [0, 0.1) is 11.3 Å². The number of aromatic nitrogens is 1. The number of hydrogen-bond donors (Lipinski definition) is 3. The van der Waals surface area contributed by atoms with Crippen molar-refractivity contribution < 1.29 is 24.5 Å². The highest BCUT2D eigenvalue weighted by molar-refractivity contribution is 7.09. The van der Waals surface area contributed by atoms with Crippen molar-refractivity contribution in [2.75, 3.05) is 6.54 Å². The molecule has 0 saturated heterocycles. The molecule has 8 nitrogen and oxygen atoms in total. The number of carbonyl (C=O) groups excluding carboxylic acids is 1. The summed E-state index contributed by atoms with van der Waals surface area (Å²) in [6.45, 7) is 10.1. The Balaban J connectivity index is 2.35. The monoisotopic (exact) mass is 477 g/mol. The lowest BCUT2D eigenvalue weighted by molar-refractivity contribution is -0.0315. The van der Waals surface area contributed by atoms with Crippen molar-refractivity contribution in [3.63, 3.8) is 0 Å². The van der Waals surface area contributed by atoms with Crippen LogP contribution in [0.15, 0.2) is 41.9 Å². The highest BCUT2D eigenvalue weighted by Crippen LogP contribution is 2.31. The van der Waals surface area contributed by atoms with Crippen LogP contribution in [0.3, 0.4) is 0 Å². The first-order chi connectivity index (χ1) is 15.5. The van der Waals surface area contributed by atoms with Crippen LogP contribution in [-0.2, 0) is 17.8 Å². The first kappa shape index (κ1) is 26.6. The SMILES string of the molecule is CC(C)CN(C(=O)OCc1nccs1)C([C@H](O)[C@H](Cc1ccccc1)NC(=O)O)C(C)(C)C. The van der Waals surface area contributed by atoms with E-state index in [0.29, 0.717) is 11.6 Å². The predicted octanol–water partition coefficient (Wildman–Crippen LogP) is 4.39. The van der Waals surface area contributed by atoms with Gasteiger partial charge in [-0.15, -0.1) is 11.3 Å². The van der Waals surface area contributed by atoms with Crippen LogP contribution in [0.5, 0.6) is 0 Å². The summed E-state index contributed by atoms with van der Waals surface area (Å²) in [6.07, 6.45) is -1.04. The number of nitrogens with zero attached hydrogens (tertiary/aromatic N) is 2. The lowest BCUT2D eigenvalue weighted by atomic mass is 9.78. The number of hydrogen-bond acceptors (Lipinski definition) is 6. The van der Waals surface area contributed by atoms with Crippen molar-refractivity contribution in [3.8, 4) is 0 Å². The van der Waals surface area contributed by atoms with Crippen LogP contribution >= 0.6 is 11.3 Å². The molecule has 0 saturated carbocycles. The maximum Gasteiger partial charge on any atom is 0.410 e. The smallest absolute Gasteiger partial charge is 0.410 e. The van der Waals surface area contributed by atoms with Gasteiger partial charge in [0.25, 0.3) is 0 Å². The molecule has 1 heterocycles. The number of thiazole rings is 1. The van der Waals surface area contributed by atoms with Gasteiger partial charge in [0.2, 0.25) is 0 Å². The molecule has 2 aromatic rings.